The monoisotopic (exact) mass is 406 g/mol. The van der Waals surface area contributed by atoms with Crippen LogP contribution in [0.1, 0.15) is 35.2 Å². The molecule has 0 fully saturated rings. The van der Waals surface area contributed by atoms with Gasteiger partial charge in [0.1, 0.15) is 17.8 Å². The maximum absolute atomic E-state index is 13.4. The van der Waals surface area contributed by atoms with Gasteiger partial charge in [0.15, 0.2) is 11.6 Å². The lowest BCUT2D eigenvalue weighted by Gasteiger charge is -2.06. The number of hydrogen-bond donors (Lipinski definition) is 1. The number of carbonyl (C=O) groups excluding carboxylic acids is 1. The molecule has 0 radical (unpaired) electrons. The highest BCUT2D eigenvalue weighted by atomic mass is 19.1. The van der Waals surface area contributed by atoms with E-state index in [9.17, 15) is 9.18 Å². The van der Waals surface area contributed by atoms with Crippen LogP contribution in [0.5, 0.6) is 0 Å². The second kappa shape index (κ2) is 8.24. The molecule has 30 heavy (non-hydrogen) atoms. The molecule has 0 bridgehead atoms. The molecule has 0 atom stereocenters. The van der Waals surface area contributed by atoms with Crippen molar-refractivity contribution in [2.24, 2.45) is 0 Å². The lowest BCUT2D eigenvalue weighted by atomic mass is 10.2. The van der Waals surface area contributed by atoms with Crippen LogP contribution in [0.4, 0.5) is 10.1 Å². The van der Waals surface area contributed by atoms with Crippen LogP contribution in [0.3, 0.4) is 0 Å². The van der Waals surface area contributed by atoms with E-state index in [1.54, 1.807) is 36.0 Å². The Labute approximate surface area is 171 Å². The van der Waals surface area contributed by atoms with Gasteiger partial charge in [0, 0.05) is 24.5 Å². The van der Waals surface area contributed by atoms with Crippen molar-refractivity contribution >= 4 is 11.6 Å². The molecule has 1 aromatic carbocycles. The molecule has 152 valence electrons. The van der Waals surface area contributed by atoms with Crippen molar-refractivity contribution in [3.8, 4) is 17.3 Å². The molecule has 0 aliphatic carbocycles. The van der Waals surface area contributed by atoms with Gasteiger partial charge in [0.05, 0.1) is 5.56 Å². The van der Waals surface area contributed by atoms with Gasteiger partial charge in [-0.15, -0.1) is 0 Å². The van der Waals surface area contributed by atoms with Gasteiger partial charge < -0.3 is 9.84 Å². The third kappa shape index (κ3) is 3.95. The van der Waals surface area contributed by atoms with E-state index in [4.69, 9.17) is 4.52 Å². The van der Waals surface area contributed by atoms with E-state index in [1.165, 1.54) is 18.5 Å². The fourth-order valence-electron chi connectivity index (χ4n) is 2.93. The number of anilines is 1. The summed E-state index contributed by atoms with van der Waals surface area (Å²) < 4.78 is 20.4. The summed E-state index contributed by atoms with van der Waals surface area (Å²) in [6, 6.07) is 7.94. The summed E-state index contributed by atoms with van der Waals surface area (Å²) in [6.45, 7) is 3.67. The Morgan fingerprint density at radius 3 is 2.93 bits per heavy atom. The number of carbonyl (C=O) groups is 1. The fraction of sp³-hybridized carbons (Fsp3) is 0.190. The number of nitrogens with one attached hydrogen (secondary N) is 1. The molecule has 4 rings (SSSR count). The maximum Gasteiger partial charge on any atom is 0.275 e. The first-order chi connectivity index (χ1) is 14.5. The number of aryl methyl sites for hydroxylation is 2. The average Bonchev–Trinajstić information content (AvgIpc) is 3.41. The predicted molar refractivity (Wildman–Crippen MR) is 108 cm³/mol. The minimum absolute atomic E-state index is 0.186. The third-order valence-corrected chi connectivity index (χ3v) is 4.43. The van der Waals surface area contributed by atoms with Crippen molar-refractivity contribution in [3.05, 3.63) is 72.0 Å². The van der Waals surface area contributed by atoms with Gasteiger partial charge in [0.25, 0.3) is 11.8 Å². The SMILES string of the molecule is CCCc1noc(-c2cccnc2-n2cnc(C(=O)Nc3ccc(F)c(C)c3)c2)n1. The zero-order chi connectivity index (χ0) is 21.1. The summed E-state index contributed by atoms with van der Waals surface area (Å²) in [7, 11) is 0. The molecule has 0 aliphatic heterocycles. The van der Waals surface area contributed by atoms with E-state index in [0.717, 1.165) is 12.8 Å². The topological polar surface area (TPSA) is 98.7 Å². The Morgan fingerprint density at radius 1 is 1.27 bits per heavy atom. The molecule has 3 heterocycles. The largest absolute Gasteiger partial charge is 0.334 e. The Kier molecular flexibility index (Phi) is 5.34. The summed E-state index contributed by atoms with van der Waals surface area (Å²) in [4.78, 5) is 25.5. The van der Waals surface area contributed by atoms with E-state index >= 15 is 0 Å². The number of hydrogen-bond acceptors (Lipinski definition) is 6. The molecule has 8 nitrogen and oxygen atoms in total. The van der Waals surface area contributed by atoms with Gasteiger partial charge in [-0.1, -0.05) is 12.1 Å². The summed E-state index contributed by atoms with van der Waals surface area (Å²) in [6.07, 6.45) is 6.30. The Balaban J connectivity index is 1.59. The van der Waals surface area contributed by atoms with E-state index in [2.05, 4.69) is 25.4 Å². The minimum atomic E-state index is -0.416. The normalized spacial score (nSPS) is 10.9. The van der Waals surface area contributed by atoms with Gasteiger partial charge in [-0.05, 0) is 49.2 Å². The quantitative estimate of drug-likeness (QED) is 0.520. The average molecular weight is 406 g/mol. The van der Waals surface area contributed by atoms with E-state index in [1.807, 2.05) is 13.0 Å². The summed E-state index contributed by atoms with van der Waals surface area (Å²) in [5.74, 6) is 0.738. The molecule has 1 N–H and O–H groups in total. The molecule has 0 saturated heterocycles. The molecule has 0 unspecified atom stereocenters. The number of nitrogens with zero attached hydrogens (tertiary/aromatic N) is 5. The van der Waals surface area contributed by atoms with Gasteiger partial charge >= 0.3 is 0 Å². The Hall–Kier alpha value is -3.88. The highest BCUT2D eigenvalue weighted by molar-refractivity contribution is 6.02. The first-order valence-corrected chi connectivity index (χ1v) is 9.45. The number of rotatable bonds is 6. The predicted octanol–water partition coefficient (Wildman–Crippen LogP) is 3.97. The van der Waals surface area contributed by atoms with Gasteiger partial charge in [-0.2, -0.15) is 4.98 Å². The lowest BCUT2D eigenvalue weighted by molar-refractivity contribution is 0.102. The number of pyridine rings is 1. The maximum atomic E-state index is 13.4. The summed E-state index contributed by atoms with van der Waals surface area (Å²) in [5.41, 5.74) is 1.75. The van der Waals surface area contributed by atoms with Crippen LogP contribution in [0.2, 0.25) is 0 Å². The summed E-state index contributed by atoms with van der Waals surface area (Å²) in [5, 5.41) is 6.69. The number of benzene rings is 1. The van der Waals surface area contributed by atoms with Gasteiger partial charge in [-0.25, -0.2) is 14.4 Å². The van der Waals surface area contributed by atoms with Crippen molar-refractivity contribution < 1.29 is 13.7 Å². The smallest absolute Gasteiger partial charge is 0.275 e. The molecule has 0 saturated carbocycles. The number of aromatic nitrogens is 5. The Bertz CT molecular complexity index is 1200. The van der Waals surface area contributed by atoms with Crippen LogP contribution < -0.4 is 5.32 Å². The standard InChI is InChI=1S/C21H19FN6O2/c1-3-5-18-26-21(30-27-18)15-6-4-9-23-19(15)28-11-17(24-12-28)20(29)25-14-7-8-16(22)13(2)10-14/h4,6-12H,3,5H2,1-2H3,(H,25,29). The zero-order valence-corrected chi connectivity index (χ0v) is 16.5. The van der Waals surface area contributed by atoms with Crippen LogP contribution >= 0.6 is 0 Å². The van der Waals surface area contributed by atoms with Crippen molar-refractivity contribution in [1.82, 2.24) is 24.7 Å². The highest BCUT2D eigenvalue weighted by Crippen LogP contribution is 2.24. The van der Waals surface area contributed by atoms with Crippen LogP contribution in [-0.2, 0) is 6.42 Å². The van der Waals surface area contributed by atoms with Crippen LogP contribution in [0.25, 0.3) is 17.3 Å². The van der Waals surface area contributed by atoms with Crippen molar-refractivity contribution in [2.75, 3.05) is 5.32 Å². The van der Waals surface area contributed by atoms with Gasteiger partial charge in [0.2, 0.25) is 0 Å². The van der Waals surface area contributed by atoms with Crippen molar-refractivity contribution in [3.63, 3.8) is 0 Å². The van der Waals surface area contributed by atoms with Crippen LogP contribution in [0.15, 0.2) is 53.6 Å². The Morgan fingerprint density at radius 2 is 2.13 bits per heavy atom. The molecule has 3 aromatic heterocycles. The second-order valence-corrected chi connectivity index (χ2v) is 6.72. The summed E-state index contributed by atoms with van der Waals surface area (Å²) >= 11 is 0. The first kappa shape index (κ1) is 19.4. The molecular weight excluding hydrogens is 387 g/mol. The first-order valence-electron chi connectivity index (χ1n) is 9.45. The third-order valence-electron chi connectivity index (χ3n) is 4.43. The molecule has 9 heteroatoms. The highest BCUT2D eigenvalue weighted by Gasteiger charge is 2.17. The van der Waals surface area contributed by atoms with E-state index in [0.29, 0.717) is 34.3 Å². The number of halogens is 1. The molecule has 0 aliphatic rings. The lowest BCUT2D eigenvalue weighted by Crippen LogP contribution is -2.12. The molecule has 0 spiro atoms. The number of imidazole rings is 1. The van der Waals surface area contributed by atoms with Crippen LogP contribution in [0, 0.1) is 12.7 Å². The molecular formula is C21H19FN6O2. The van der Waals surface area contributed by atoms with E-state index in [-0.39, 0.29) is 11.5 Å². The van der Waals surface area contributed by atoms with Crippen LogP contribution in [-0.4, -0.2) is 30.6 Å². The minimum Gasteiger partial charge on any atom is -0.334 e. The fourth-order valence-corrected chi connectivity index (χ4v) is 2.93. The zero-order valence-electron chi connectivity index (χ0n) is 16.5. The van der Waals surface area contributed by atoms with Crippen molar-refractivity contribution in [2.45, 2.75) is 26.7 Å². The van der Waals surface area contributed by atoms with Crippen molar-refractivity contribution in [1.29, 1.82) is 0 Å². The molecule has 4 aromatic rings. The number of amides is 1. The van der Waals surface area contributed by atoms with Gasteiger partial charge in [-0.3, -0.25) is 9.36 Å². The van der Waals surface area contributed by atoms with E-state index < -0.39 is 5.91 Å². The second-order valence-electron chi connectivity index (χ2n) is 6.72. The molecule has 1 amide bonds.